The first-order valence-electron chi connectivity index (χ1n) is 10.9. The highest BCUT2D eigenvalue weighted by atomic mass is 19.1. The van der Waals surface area contributed by atoms with Crippen molar-refractivity contribution in [3.8, 4) is 16.9 Å². The molecule has 9 heteroatoms. The van der Waals surface area contributed by atoms with Crippen LogP contribution in [0.25, 0.3) is 11.1 Å². The Morgan fingerprint density at radius 3 is 2.21 bits per heavy atom. The topological polar surface area (TPSA) is 122 Å². The van der Waals surface area contributed by atoms with E-state index in [1.807, 2.05) is 56.3 Å². The fraction of sp³-hybridized carbons (Fsp3) is 0.360. The first kappa shape index (κ1) is 26.5. The Hall–Kier alpha value is -3.75. The number of carbonyl (C=O) groups excluding carboxylic acids is 3. The second-order valence-electron chi connectivity index (χ2n) is 8.16. The average molecular weight is 473 g/mol. The predicted molar refractivity (Wildman–Crippen MR) is 124 cm³/mol. The van der Waals surface area contributed by atoms with Crippen molar-refractivity contribution in [3.05, 3.63) is 54.6 Å². The van der Waals surface area contributed by atoms with Crippen LogP contribution in [0.15, 0.2) is 54.6 Å². The molecule has 0 aromatic heterocycles. The number of amides is 2. The number of benzene rings is 2. The second kappa shape index (κ2) is 13.1. The number of carboxylic acids is 1. The number of ether oxygens (including phenoxy) is 1. The number of ketones is 1. The van der Waals surface area contributed by atoms with Crippen molar-refractivity contribution in [3.63, 3.8) is 0 Å². The number of aliphatic carboxylic acids is 1. The van der Waals surface area contributed by atoms with Crippen LogP contribution in [0.3, 0.4) is 0 Å². The number of hydrogen-bond donors (Lipinski definition) is 3. The molecule has 0 spiro atoms. The van der Waals surface area contributed by atoms with Gasteiger partial charge in [0, 0.05) is 5.56 Å². The molecule has 0 heterocycles. The smallest absolute Gasteiger partial charge is 0.305 e. The molecule has 8 nitrogen and oxygen atoms in total. The molecule has 0 aliphatic heterocycles. The normalized spacial score (nSPS) is 12.5. The SMILES string of the molecule is CC(C)C[C@H](NC(=O)COc1ccccc1-c1ccccc1)C(=O)NC(CC(=O)O)C(=O)CF. The van der Waals surface area contributed by atoms with Gasteiger partial charge in [-0.15, -0.1) is 0 Å². The van der Waals surface area contributed by atoms with Crippen LogP contribution in [-0.2, 0) is 19.2 Å². The molecule has 2 aromatic carbocycles. The van der Waals surface area contributed by atoms with Gasteiger partial charge in [-0.2, -0.15) is 0 Å². The van der Waals surface area contributed by atoms with E-state index in [-0.39, 0.29) is 18.9 Å². The maximum atomic E-state index is 12.8. The number of para-hydroxylation sites is 1. The van der Waals surface area contributed by atoms with Crippen LogP contribution in [0.2, 0.25) is 0 Å². The molecular formula is C25H29FN2O6. The number of carboxylic acid groups (broad SMARTS) is 1. The summed E-state index contributed by atoms with van der Waals surface area (Å²) in [6.45, 7) is 1.89. The standard InChI is InChI=1S/C25H29FN2O6/c1-16(2)12-20(25(33)28-19(13-24(31)32)21(29)14-26)27-23(30)15-34-22-11-7-6-10-18(22)17-8-4-3-5-9-17/h3-11,16,19-20H,12-15H2,1-2H3,(H,27,30)(H,28,33)(H,31,32)/t19?,20-/m0/s1. The third-order valence-corrected chi connectivity index (χ3v) is 4.91. The molecule has 2 atom stereocenters. The van der Waals surface area contributed by atoms with Gasteiger partial charge in [0.15, 0.2) is 12.4 Å². The Morgan fingerprint density at radius 1 is 0.941 bits per heavy atom. The van der Waals surface area contributed by atoms with Crippen molar-refractivity contribution < 1.29 is 33.4 Å². The lowest BCUT2D eigenvalue weighted by atomic mass is 10.0. The molecule has 182 valence electrons. The minimum atomic E-state index is -1.52. The molecular weight excluding hydrogens is 443 g/mol. The van der Waals surface area contributed by atoms with E-state index in [0.717, 1.165) is 11.1 Å². The molecule has 0 aliphatic rings. The maximum Gasteiger partial charge on any atom is 0.305 e. The maximum absolute atomic E-state index is 12.8. The van der Waals surface area contributed by atoms with Gasteiger partial charge in [-0.05, 0) is 24.0 Å². The Kier molecular flexibility index (Phi) is 10.2. The number of carbonyl (C=O) groups is 4. The van der Waals surface area contributed by atoms with Gasteiger partial charge in [-0.3, -0.25) is 19.2 Å². The van der Waals surface area contributed by atoms with Crippen LogP contribution in [-0.4, -0.2) is 54.0 Å². The summed E-state index contributed by atoms with van der Waals surface area (Å²) >= 11 is 0. The Bertz CT molecular complexity index is 996. The van der Waals surface area contributed by atoms with Gasteiger partial charge in [0.2, 0.25) is 5.91 Å². The number of nitrogens with one attached hydrogen (secondary N) is 2. The summed E-state index contributed by atoms with van der Waals surface area (Å²) in [5.41, 5.74) is 1.71. The number of Topliss-reactive ketones (excluding diaryl/α,β-unsaturated/α-hetero) is 1. The van der Waals surface area contributed by atoms with Crippen LogP contribution in [0, 0.1) is 5.92 Å². The van der Waals surface area contributed by atoms with E-state index in [1.165, 1.54) is 0 Å². The fourth-order valence-electron chi connectivity index (χ4n) is 3.32. The van der Waals surface area contributed by atoms with Crippen LogP contribution in [0.4, 0.5) is 4.39 Å². The van der Waals surface area contributed by atoms with Gasteiger partial charge in [-0.1, -0.05) is 62.4 Å². The molecule has 2 rings (SSSR count). The fourth-order valence-corrected chi connectivity index (χ4v) is 3.32. The largest absolute Gasteiger partial charge is 0.483 e. The monoisotopic (exact) mass is 472 g/mol. The highest BCUT2D eigenvalue weighted by Crippen LogP contribution is 2.29. The molecule has 0 saturated carbocycles. The van der Waals surface area contributed by atoms with E-state index < -0.39 is 48.7 Å². The van der Waals surface area contributed by atoms with Gasteiger partial charge in [0.25, 0.3) is 5.91 Å². The molecule has 1 unspecified atom stereocenters. The molecule has 34 heavy (non-hydrogen) atoms. The summed E-state index contributed by atoms with van der Waals surface area (Å²) in [4.78, 5) is 48.0. The van der Waals surface area contributed by atoms with Gasteiger partial charge in [0.05, 0.1) is 6.42 Å². The van der Waals surface area contributed by atoms with Crippen molar-refractivity contribution in [1.29, 1.82) is 0 Å². The molecule has 0 bridgehead atoms. The predicted octanol–water partition coefficient (Wildman–Crippen LogP) is 2.76. The Labute approximate surface area is 197 Å². The highest BCUT2D eigenvalue weighted by molar-refractivity contribution is 5.95. The van der Waals surface area contributed by atoms with Crippen molar-refractivity contribution in [2.45, 2.75) is 38.8 Å². The van der Waals surface area contributed by atoms with Crippen molar-refractivity contribution in [1.82, 2.24) is 10.6 Å². The van der Waals surface area contributed by atoms with Crippen molar-refractivity contribution in [2.24, 2.45) is 5.92 Å². The van der Waals surface area contributed by atoms with E-state index in [0.29, 0.717) is 5.75 Å². The lowest BCUT2D eigenvalue weighted by Crippen LogP contribution is -2.53. The zero-order valence-corrected chi connectivity index (χ0v) is 19.1. The van der Waals surface area contributed by atoms with E-state index in [1.54, 1.807) is 12.1 Å². The number of hydrogen-bond acceptors (Lipinski definition) is 5. The third-order valence-electron chi connectivity index (χ3n) is 4.91. The lowest BCUT2D eigenvalue weighted by Gasteiger charge is -2.23. The minimum Gasteiger partial charge on any atom is -0.483 e. The summed E-state index contributed by atoms with van der Waals surface area (Å²) in [6, 6.07) is 14.1. The number of halogens is 1. The van der Waals surface area contributed by atoms with Gasteiger partial charge in [-0.25, -0.2) is 4.39 Å². The summed E-state index contributed by atoms with van der Waals surface area (Å²) in [6.07, 6.45) is -0.530. The molecule has 2 amide bonds. The molecule has 2 aromatic rings. The number of alkyl halides is 1. The van der Waals surface area contributed by atoms with Crippen molar-refractivity contribution >= 4 is 23.6 Å². The molecule has 0 fully saturated rings. The quantitative estimate of drug-likeness (QED) is 0.412. The molecule has 0 aliphatic carbocycles. The molecule has 3 N–H and O–H groups in total. The first-order chi connectivity index (χ1) is 16.2. The second-order valence-corrected chi connectivity index (χ2v) is 8.16. The highest BCUT2D eigenvalue weighted by Gasteiger charge is 2.28. The summed E-state index contributed by atoms with van der Waals surface area (Å²) in [5, 5.41) is 13.8. The van der Waals surface area contributed by atoms with E-state index >= 15 is 0 Å². The summed E-state index contributed by atoms with van der Waals surface area (Å²) < 4.78 is 18.5. The minimum absolute atomic E-state index is 0.00873. The zero-order chi connectivity index (χ0) is 25.1. The molecule has 0 saturated heterocycles. The Balaban J connectivity index is 2.06. The summed E-state index contributed by atoms with van der Waals surface area (Å²) in [7, 11) is 0. The first-order valence-corrected chi connectivity index (χ1v) is 10.9. The van der Waals surface area contributed by atoms with E-state index in [4.69, 9.17) is 9.84 Å². The Morgan fingerprint density at radius 2 is 1.59 bits per heavy atom. The van der Waals surface area contributed by atoms with Crippen LogP contribution >= 0.6 is 0 Å². The van der Waals surface area contributed by atoms with Crippen LogP contribution < -0.4 is 15.4 Å². The van der Waals surface area contributed by atoms with Crippen LogP contribution in [0.5, 0.6) is 5.75 Å². The third kappa shape index (κ3) is 8.31. The zero-order valence-electron chi connectivity index (χ0n) is 19.1. The van der Waals surface area contributed by atoms with Gasteiger partial charge in [0.1, 0.15) is 24.5 Å². The van der Waals surface area contributed by atoms with Crippen molar-refractivity contribution in [2.75, 3.05) is 13.3 Å². The lowest BCUT2D eigenvalue weighted by molar-refractivity contribution is -0.140. The van der Waals surface area contributed by atoms with Gasteiger partial charge < -0.3 is 20.5 Å². The van der Waals surface area contributed by atoms with E-state index in [2.05, 4.69) is 10.6 Å². The van der Waals surface area contributed by atoms with Crippen LogP contribution in [0.1, 0.15) is 26.7 Å². The van der Waals surface area contributed by atoms with E-state index in [9.17, 15) is 23.6 Å². The summed E-state index contributed by atoms with van der Waals surface area (Å²) in [5.74, 6) is -3.27. The molecule has 0 radical (unpaired) electrons. The van der Waals surface area contributed by atoms with Gasteiger partial charge >= 0.3 is 5.97 Å². The number of rotatable bonds is 13. The average Bonchev–Trinajstić information content (AvgIpc) is 2.81.